The van der Waals surface area contributed by atoms with Crippen LogP contribution in [0.15, 0.2) is 12.3 Å². The number of nitrogens with zero attached hydrogens (tertiary/aromatic N) is 2. The minimum absolute atomic E-state index is 0.303. The molecule has 0 bridgehead atoms. The summed E-state index contributed by atoms with van der Waals surface area (Å²) < 4.78 is 0. The van der Waals surface area contributed by atoms with Crippen molar-refractivity contribution in [2.24, 2.45) is 5.73 Å². The third-order valence-corrected chi connectivity index (χ3v) is 3.74. The molecule has 0 aliphatic carbocycles. The minimum atomic E-state index is -1.04. The van der Waals surface area contributed by atoms with E-state index in [4.69, 9.17) is 5.73 Å². The Labute approximate surface area is 111 Å². The molecule has 1 aliphatic rings. The van der Waals surface area contributed by atoms with Gasteiger partial charge in [-0.3, -0.25) is 4.79 Å². The summed E-state index contributed by atoms with van der Waals surface area (Å²) in [5.74, 6) is -1.13. The first kappa shape index (κ1) is 13.3. The molecule has 1 atom stereocenters. The maximum absolute atomic E-state index is 11.6. The van der Waals surface area contributed by atoms with Crippen LogP contribution in [0, 0.1) is 6.92 Å². The normalized spacial score (nSPS) is 22.5. The van der Waals surface area contributed by atoms with Gasteiger partial charge in [-0.1, -0.05) is 0 Å². The highest BCUT2D eigenvalue weighted by atomic mass is 16.4. The minimum Gasteiger partial charge on any atom is -0.480 e. The number of amides is 1. The van der Waals surface area contributed by atoms with Crippen molar-refractivity contribution < 1.29 is 14.7 Å². The number of hydrogen-bond donors (Lipinski definition) is 2. The Kier molecular flexibility index (Phi) is 3.18. The summed E-state index contributed by atoms with van der Waals surface area (Å²) in [5.41, 5.74) is 5.37. The van der Waals surface area contributed by atoms with Crippen molar-refractivity contribution in [3.8, 4) is 0 Å². The van der Waals surface area contributed by atoms with Crippen molar-refractivity contribution in [3.63, 3.8) is 0 Å². The van der Waals surface area contributed by atoms with Gasteiger partial charge in [0, 0.05) is 12.7 Å². The number of carboxylic acid groups (broad SMARTS) is 1. The molecule has 2 rings (SSSR count). The van der Waals surface area contributed by atoms with Crippen molar-refractivity contribution in [2.45, 2.75) is 32.2 Å². The van der Waals surface area contributed by atoms with E-state index >= 15 is 0 Å². The van der Waals surface area contributed by atoms with Crippen molar-refractivity contribution in [1.82, 2.24) is 4.98 Å². The number of pyridine rings is 1. The number of nitrogens with two attached hydrogens (primary N) is 1. The molecule has 1 aliphatic heterocycles. The molecule has 3 N–H and O–H groups in total. The Hall–Kier alpha value is -2.11. The molecule has 6 heteroatoms. The predicted octanol–water partition coefficient (Wildman–Crippen LogP) is 0.932. The highest BCUT2D eigenvalue weighted by Gasteiger charge is 2.45. The van der Waals surface area contributed by atoms with Crippen LogP contribution in [0.5, 0.6) is 0 Å². The fourth-order valence-corrected chi connectivity index (χ4v) is 2.58. The average Bonchev–Trinajstić information content (AvgIpc) is 2.71. The van der Waals surface area contributed by atoms with Gasteiger partial charge in [-0.05, 0) is 38.3 Å². The second-order valence-electron chi connectivity index (χ2n) is 5.02. The molecule has 0 spiro atoms. The lowest BCUT2D eigenvalue weighted by molar-refractivity contribution is -0.142. The number of anilines is 1. The summed E-state index contributed by atoms with van der Waals surface area (Å²) in [6, 6.07) is 1.69. The number of carbonyl (C=O) groups excluding carboxylic acids is 1. The third kappa shape index (κ3) is 2.03. The largest absolute Gasteiger partial charge is 0.480 e. The number of aromatic nitrogens is 1. The summed E-state index contributed by atoms with van der Waals surface area (Å²) in [7, 11) is 0. The first-order valence-corrected chi connectivity index (χ1v) is 6.14. The van der Waals surface area contributed by atoms with Crippen LogP contribution in [-0.2, 0) is 4.79 Å². The van der Waals surface area contributed by atoms with Crippen molar-refractivity contribution in [2.75, 3.05) is 11.4 Å². The van der Waals surface area contributed by atoms with E-state index in [1.165, 1.54) is 0 Å². The number of carbonyl (C=O) groups is 2. The molecule has 1 aromatic heterocycles. The van der Waals surface area contributed by atoms with Crippen LogP contribution in [0.25, 0.3) is 0 Å². The van der Waals surface area contributed by atoms with Crippen LogP contribution < -0.4 is 10.6 Å². The zero-order valence-corrected chi connectivity index (χ0v) is 11.0. The Morgan fingerprint density at radius 2 is 2.21 bits per heavy atom. The quantitative estimate of drug-likeness (QED) is 0.845. The van der Waals surface area contributed by atoms with E-state index in [0.29, 0.717) is 29.9 Å². The molecule has 6 nitrogen and oxygen atoms in total. The van der Waals surface area contributed by atoms with Crippen LogP contribution in [0.3, 0.4) is 0 Å². The van der Waals surface area contributed by atoms with Gasteiger partial charge >= 0.3 is 5.97 Å². The molecule has 1 saturated heterocycles. The number of carboxylic acids is 1. The maximum Gasteiger partial charge on any atom is 0.329 e. The first-order chi connectivity index (χ1) is 8.88. The fraction of sp³-hybridized carbons (Fsp3) is 0.462. The Bertz CT molecular complexity index is 544. The highest BCUT2D eigenvalue weighted by Crippen LogP contribution is 2.35. The standard InChI is InChI=1S/C13H17N3O3/c1-8-4-6-15-11(9(8)10(14)17)16-7-3-5-13(16,2)12(18)19/h4,6H,3,5,7H2,1-2H3,(H2,14,17)(H,18,19). The summed E-state index contributed by atoms with van der Waals surface area (Å²) in [6.45, 7) is 3.97. The van der Waals surface area contributed by atoms with Gasteiger partial charge in [0.05, 0.1) is 5.56 Å². The van der Waals surface area contributed by atoms with E-state index in [2.05, 4.69) is 4.98 Å². The molecular formula is C13H17N3O3. The first-order valence-electron chi connectivity index (χ1n) is 6.14. The molecule has 0 aromatic carbocycles. The van der Waals surface area contributed by atoms with E-state index in [1.54, 1.807) is 31.0 Å². The lowest BCUT2D eigenvalue weighted by atomic mass is 9.98. The molecule has 0 radical (unpaired) electrons. The predicted molar refractivity (Wildman–Crippen MR) is 70.1 cm³/mol. The van der Waals surface area contributed by atoms with E-state index in [1.807, 2.05) is 0 Å². The zero-order valence-electron chi connectivity index (χ0n) is 11.0. The monoisotopic (exact) mass is 263 g/mol. The van der Waals surface area contributed by atoms with Gasteiger partial charge in [-0.2, -0.15) is 0 Å². The number of hydrogen-bond acceptors (Lipinski definition) is 4. The van der Waals surface area contributed by atoms with E-state index in [-0.39, 0.29) is 0 Å². The van der Waals surface area contributed by atoms with Gasteiger partial charge in [0.25, 0.3) is 5.91 Å². The van der Waals surface area contributed by atoms with E-state index < -0.39 is 17.4 Å². The number of aryl methyl sites for hydroxylation is 1. The van der Waals surface area contributed by atoms with Crippen LogP contribution in [0.1, 0.15) is 35.7 Å². The molecule has 19 heavy (non-hydrogen) atoms. The number of primary amides is 1. The van der Waals surface area contributed by atoms with Gasteiger partial charge in [0.2, 0.25) is 0 Å². The summed E-state index contributed by atoms with van der Waals surface area (Å²) in [6.07, 6.45) is 2.84. The van der Waals surface area contributed by atoms with Gasteiger partial charge in [-0.25, -0.2) is 9.78 Å². The maximum atomic E-state index is 11.6. The molecule has 0 saturated carbocycles. The van der Waals surface area contributed by atoms with Gasteiger partial charge in [0.15, 0.2) is 0 Å². The smallest absolute Gasteiger partial charge is 0.329 e. The van der Waals surface area contributed by atoms with E-state index in [9.17, 15) is 14.7 Å². The lowest BCUT2D eigenvalue weighted by Crippen LogP contribution is -2.49. The summed E-state index contributed by atoms with van der Waals surface area (Å²) in [4.78, 5) is 28.9. The van der Waals surface area contributed by atoms with Crippen LogP contribution in [-0.4, -0.2) is 34.1 Å². The molecule has 1 fully saturated rings. The average molecular weight is 263 g/mol. The molecule has 1 amide bonds. The summed E-state index contributed by atoms with van der Waals surface area (Å²) >= 11 is 0. The molecule has 1 unspecified atom stereocenters. The molecule has 102 valence electrons. The van der Waals surface area contributed by atoms with Gasteiger partial charge < -0.3 is 15.7 Å². The number of aliphatic carboxylic acids is 1. The van der Waals surface area contributed by atoms with Crippen LogP contribution in [0.4, 0.5) is 5.82 Å². The topological polar surface area (TPSA) is 96.5 Å². The van der Waals surface area contributed by atoms with Gasteiger partial charge in [0.1, 0.15) is 11.4 Å². The second-order valence-corrected chi connectivity index (χ2v) is 5.02. The summed E-state index contributed by atoms with van der Waals surface area (Å²) in [5, 5.41) is 9.42. The lowest BCUT2D eigenvalue weighted by Gasteiger charge is -2.33. The SMILES string of the molecule is Cc1ccnc(N2CCCC2(C)C(=O)O)c1C(N)=O. The van der Waals surface area contributed by atoms with Crippen molar-refractivity contribution in [1.29, 1.82) is 0 Å². The number of rotatable bonds is 3. The molecule has 2 heterocycles. The van der Waals surface area contributed by atoms with Crippen molar-refractivity contribution >= 4 is 17.7 Å². The van der Waals surface area contributed by atoms with Crippen molar-refractivity contribution in [3.05, 3.63) is 23.4 Å². The molecule has 1 aromatic rings. The van der Waals surface area contributed by atoms with Crippen LogP contribution >= 0.6 is 0 Å². The Balaban J connectivity index is 2.56. The third-order valence-electron chi connectivity index (χ3n) is 3.74. The fourth-order valence-electron chi connectivity index (χ4n) is 2.58. The van der Waals surface area contributed by atoms with E-state index in [0.717, 1.165) is 6.42 Å². The Morgan fingerprint density at radius 1 is 1.53 bits per heavy atom. The molecular weight excluding hydrogens is 246 g/mol. The van der Waals surface area contributed by atoms with Crippen LogP contribution in [0.2, 0.25) is 0 Å². The van der Waals surface area contributed by atoms with Gasteiger partial charge in [-0.15, -0.1) is 0 Å². The highest BCUT2D eigenvalue weighted by molar-refractivity contribution is 6.00. The zero-order chi connectivity index (χ0) is 14.2. The Morgan fingerprint density at radius 3 is 2.79 bits per heavy atom. The second kappa shape index (κ2) is 4.53.